The van der Waals surface area contributed by atoms with Crippen LogP contribution in [0.25, 0.3) is 0 Å². The standard InChI is InChI=1S/C17H24N4O/c1-3-7-14(11-22)20-16-15(12(2)19-17(18)21-16)10-13-8-5-4-6-9-13/h4-6,8-9,14,22H,3,7,10-11H2,1-2H3,(H3,18,19,20,21). The molecular formula is C17H24N4O. The lowest BCUT2D eigenvalue weighted by Crippen LogP contribution is -2.25. The predicted octanol–water partition coefficient (Wildman–Crippen LogP) is 2.53. The van der Waals surface area contributed by atoms with E-state index in [9.17, 15) is 5.11 Å². The van der Waals surface area contributed by atoms with Gasteiger partial charge in [0, 0.05) is 17.7 Å². The lowest BCUT2D eigenvalue weighted by atomic mass is 10.0. The predicted molar refractivity (Wildman–Crippen MR) is 89.8 cm³/mol. The van der Waals surface area contributed by atoms with Crippen LogP contribution in [0.3, 0.4) is 0 Å². The Morgan fingerprint density at radius 1 is 1.23 bits per heavy atom. The first-order chi connectivity index (χ1) is 10.6. The number of aromatic nitrogens is 2. The normalized spacial score (nSPS) is 12.1. The van der Waals surface area contributed by atoms with Gasteiger partial charge in [0.1, 0.15) is 5.82 Å². The molecule has 118 valence electrons. The van der Waals surface area contributed by atoms with Gasteiger partial charge in [-0.2, -0.15) is 4.98 Å². The summed E-state index contributed by atoms with van der Waals surface area (Å²) in [5, 5.41) is 12.8. The van der Waals surface area contributed by atoms with Crippen molar-refractivity contribution in [2.24, 2.45) is 0 Å². The van der Waals surface area contributed by atoms with Crippen molar-refractivity contribution in [1.29, 1.82) is 0 Å². The van der Waals surface area contributed by atoms with E-state index in [0.29, 0.717) is 0 Å². The maximum atomic E-state index is 9.50. The molecule has 1 heterocycles. The van der Waals surface area contributed by atoms with E-state index in [4.69, 9.17) is 5.73 Å². The number of aliphatic hydroxyl groups excluding tert-OH is 1. The lowest BCUT2D eigenvalue weighted by Gasteiger charge is -2.20. The second-order valence-corrected chi connectivity index (χ2v) is 5.47. The molecule has 2 rings (SSSR count). The number of rotatable bonds is 7. The quantitative estimate of drug-likeness (QED) is 0.732. The lowest BCUT2D eigenvalue weighted by molar-refractivity contribution is 0.268. The number of aliphatic hydroxyl groups is 1. The van der Waals surface area contributed by atoms with Crippen molar-refractivity contribution >= 4 is 11.8 Å². The van der Waals surface area contributed by atoms with Crippen molar-refractivity contribution in [2.75, 3.05) is 17.7 Å². The summed E-state index contributed by atoms with van der Waals surface area (Å²) in [6, 6.07) is 10.2. The molecule has 0 aliphatic heterocycles. The minimum absolute atomic E-state index is 0.0202. The number of nitrogens with one attached hydrogen (secondary N) is 1. The van der Waals surface area contributed by atoms with Gasteiger partial charge in [-0.3, -0.25) is 0 Å². The van der Waals surface area contributed by atoms with Crippen molar-refractivity contribution in [3.05, 3.63) is 47.2 Å². The summed E-state index contributed by atoms with van der Waals surface area (Å²) < 4.78 is 0. The van der Waals surface area contributed by atoms with E-state index < -0.39 is 0 Å². The highest BCUT2D eigenvalue weighted by Crippen LogP contribution is 2.22. The Morgan fingerprint density at radius 3 is 2.59 bits per heavy atom. The van der Waals surface area contributed by atoms with E-state index >= 15 is 0 Å². The summed E-state index contributed by atoms with van der Waals surface area (Å²) in [5.41, 5.74) is 8.87. The molecule has 1 aromatic carbocycles. The molecule has 0 saturated heterocycles. The van der Waals surface area contributed by atoms with Crippen LogP contribution in [0.1, 0.15) is 36.6 Å². The zero-order valence-electron chi connectivity index (χ0n) is 13.2. The fourth-order valence-corrected chi connectivity index (χ4v) is 2.50. The van der Waals surface area contributed by atoms with Crippen LogP contribution in [-0.2, 0) is 6.42 Å². The SMILES string of the molecule is CCCC(CO)Nc1nc(N)nc(C)c1Cc1ccccc1. The Balaban J connectivity index is 2.31. The zero-order valence-corrected chi connectivity index (χ0v) is 13.2. The summed E-state index contributed by atoms with van der Waals surface area (Å²) >= 11 is 0. The van der Waals surface area contributed by atoms with Gasteiger partial charge in [0.2, 0.25) is 5.95 Å². The fourth-order valence-electron chi connectivity index (χ4n) is 2.50. The average Bonchev–Trinajstić information content (AvgIpc) is 2.51. The smallest absolute Gasteiger partial charge is 0.222 e. The number of aryl methyl sites for hydroxylation is 1. The van der Waals surface area contributed by atoms with Crippen LogP contribution in [0.2, 0.25) is 0 Å². The van der Waals surface area contributed by atoms with Crippen LogP contribution in [0, 0.1) is 6.92 Å². The second kappa shape index (κ2) is 7.75. The van der Waals surface area contributed by atoms with Crippen LogP contribution < -0.4 is 11.1 Å². The molecule has 0 amide bonds. The number of hydrogen-bond acceptors (Lipinski definition) is 5. The maximum Gasteiger partial charge on any atom is 0.222 e. The maximum absolute atomic E-state index is 9.50. The Hall–Kier alpha value is -2.14. The van der Waals surface area contributed by atoms with Gasteiger partial charge in [-0.25, -0.2) is 4.98 Å². The Kier molecular flexibility index (Phi) is 5.72. The molecule has 1 aromatic heterocycles. The monoisotopic (exact) mass is 300 g/mol. The molecule has 5 nitrogen and oxygen atoms in total. The molecule has 1 atom stereocenters. The first-order valence-corrected chi connectivity index (χ1v) is 7.68. The summed E-state index contributed by atoms with van der Waals surface area (Å²) in [7, 11) is 0. The number of anilines is 2. The van der Waals surface area contributed by atoms with E-state index in [1.54, 1.807) is 0 Å². The third-order valence-corrected chi connectivity index (χ3v) is 3.65. The highest BCUT2D eigenvalue weighted by atomic mass is 16.3. The number of hydrogen-bond donors (Lipinski definition) is 3. The van der Waals surface area contributed by atoms with Gasteiger partial charge in [0.15, 0.2) is 0 Å². The van der Waals surface area contributed by atoms with E-state index in [1.165, 1.54) is 5.56 Å². The van der Waals surface area contributed by atoms with Gasteiger partial charge in [0.25, 0.3) is 0 Å². The van der Waals surface area contributed by atoms with Crippen molar-refractivity contribution in [2.45, 2.75) is 39.2 Å². The van der Waals surface area contributed by atoms with Crippen LogP contribution in [0.4, 0.5) is 11.8 Å². The molecule has 0 radical (unpaired) electrons. The second-order valence-electron chi connectivity index (χ2n) is 5.47. The summed E-state index contributed by atoms with van der Waals surface area (Å²) in [6.45, 7) is 4.10. The van der Waals surface area contributed by atoms with Gasteiger partial charge in [-0.1, -0.05) is 43.7 Å². The molecule has 0 fully saturated rings. The van der Waals surface area contributed by atoms with Gasteiger partial charge < -0.3 is 16.2 Å². The third-order valence-electron chi connectivity index (χ3n) is 3.65. The van der Waals surface area contributed by atoms with E-state index in [1.807, 2.05) is 25.1 Å². The molecule has 0 aliphatic carbocycles. The number of nitrogens with zero attached hydrogens (tertiary/aromatic N) is 2. The van der Waals surface area contributed by atoms with Gasteiger partial charge in [-0.05, 0) is 18.9 Å². The first kappa shape index (κ1) is 16.2. The Labute approximate surface area is 131 Å². The van der Waals surface area contributed by atoms with Gasteiger partial charge in [-0.15, -0.1) is 0 Å². The molecule has 0 aliphatic rings. The Bertz CT molecular complexity index is 601. The highest BCUT2D eigenvalue weighted by molar-refractivity contribution is 5.52. The largest absolute Gasteiger partial charge is 0.394 e. The van der Waals surface area contributed by atoms with Crippen molar-refractivity contribution in [3.8, 4) is 0 Å². The number of nitrogen functional groups attached to an aromatic ring is 1. The van der Waals surface area contributed by atoms with E-state index in [0.717, 1.165) is 36.3 Å². The molecule has 0 spiro atoms. The molecule has 5 heteroatoms. The average molecular weight is 300 g/mol. The van der Waals surface area contributed by atoms with Crippen LogP contribution in [0.15, 0.2) is 30.3 Å². The topological polar surface area (TPSA) is 84.1 Å². The van der Waals surface area contributed by atoms with Crippen LogP contribution in [0.5, 0.6) is 0 Å². The van der Waals surface area contributed by atoms with Crippen LogP contribution >= 0.6 is 0 Å². The van der Waals surface area contributed by atoms with Crippen molar-refractivity contribution in [1.82, 2.24) is 9.97 Å². The Morgan fingerprint density at radius 2 is 1.95 bits per heavy atom. The fraction of sp³-hybridized carbons (Fsp3) is 0.412. The molecule has 4 N–H and O–H groups in total. The van der Waals surface area contributed by atoms with Gasteiger partial charge >= 0.3 is 0 Å². The van der Waals surface area contributed by atoms with E-state index in [2.05, 4.69) is 34.3 Å². The van der Waals surface area contributed by atoms with Crippen molar-refractivity contribution < 1.29 is 5.11 Å². The minimum Gasteiger partial charge on any atom is -0.394 e. The summed E-state index contributed by atoms with van der Waals surface area (Å²) in [5.74, 6) is 0.978. The molecule has 0 saturated carbocycles. The molecular weight excluding hydrogens is 276 g/mol. The summed E-state index contributed by atoms with van der Waals surface area (Å²) in [4.78, 5) is 8.62. The molecule has 22 heavy (non-hydrogen) atoms. The number of nitrogens with two attached hydrogens (primary N) is 1. The zero-order chi connectivity index (χ0) is 15.9. The third kappa shape index (κ3) is 4.18. The van der Waals surface area contributed by atoms with Crippen molar-refractivity contribution in [3.63, 3.8) is 0 Å². The van der Waals surface area contributed by atoms with Gasteiger partial charge in [0.05, 0.1) is 12.6 Å². The number of benzene rings is 1. The molecule has 0 bridgehead atoms. The highest BCUT2D eigenvalue weighted by Gasteiger charge is 2.15. The van der Waals surface area contributed by atoms with E-state index in [-0.39, 0.29) is 18.6 Å². The minimum atomic E-state index is -0.0202. The summed E-state index contributed by atoms with van der Waals surface area (Å²) in [6.07, 6.45) is 2.61. The van der Waals surface area contributed by atoms with Crippen LogP contribution in [-0.4, -0.2) is 27.7 Å². The molecule has 2 aromatic rings. The first-order valence-electron chi connectivity index (χ1n) is 7.68. The molecule has 1 unspecified atom stereocenters.